The predicted octanol–water partition coefficient (Wildman–Crippen LogP) is 3.56. The number of hydrogen-bond acceptors (Lipinski definition) is 6. The third kappa shape index (κ3) is 4.18. The summed E-state index contributed by atoms with van der Waals surface area (Å²) in [6.07, 6.45) is 0. The molecule has 2 aromatic rings. The molecule has 0 aromatic heterocycles. The molecule has 2 aromatic carbocycles. The van der Waals surface area contributed by atoms with Crippen LogP contribution in [-0.4, -0.2) is 53.5 Å². The largest absolute Gasteiger partial charge is 0.493 e. The van der Waals surface area contributed by atoms with Crippen LogP contribution in [0, 0.1) is 0 Å². The van der Waals surface area contributed by atoms with Crippen molar-refractivity contribution in [1.82, 2.24) is 0 Å². The fraction of sp³-hybridized carbons (Fsp3) is 0.350. The molecule has 0 unspecified atom stereocenters. The quantitative estimate of drug-likeness (QED) is 0.725. The average Bonchev–Trinajstić information content (AvgIpc) is 2.74. The number of carbonyl (C=O) groups is 1. The van der Waals surface area contributed by atoms with Crippen molar-refractivity contribution in [3.8, 4) is 17.2 Å². The highest BCUT2D eigenvalue weighted by atomic mass is 79.9. The number of amides is 1. The van der Waals surface area contributed by atoms with Crippen molar-refractivity contribution in [2.75, 3.05) is 57.8 Å². The minimum Gasteiger partial charge on any atom is -0.493 e. The van der Waals surface area contributed by atoms with Gasteiger partial charge in [-0.1, -0.05) is 0 Å². The van der Waals surface area contributed by atoms with E-state index >= 15 is 0 Å². The molecule has 1 aliphatic heterocycles. The summed E-state index contributed by atoms with van der Waals surface area (Å²) in [7, 11) is 4.54. The van der Waals surface area contributed by atoms with Crippen LogP contribution in [-0.2, 0) is 4.74 Å². The second-order valence-corrected chi connectivity index (χ2v) is 6.90. The van der Waals surface area contributed by atoms with Gasteiger partial charge in [-0.2, -0.15) is 0 Å². The van der Waals surface area contributed by atoms with Crippen molar-refractivity contribution in [3.63, 3.8) is 0 Å². The number of benzene rings is 2. The van der Waals surface area contributed by atoms with Crippen LogP contribution in [0.15, 0.2) is 34.8 Å². The van der Waals surface area contributed by atoms with Gasteiger partial charge < -0.3 is 29.2 Å². The summed E-state index contributed by atoms with van der Waals surface area (Å²) < 4.78 is 21.9. The molecule has 0 spiro atoms. The molecule has 0 atom stereocenters. The van der Waals surface area contributed by atoms with Crippen LogP contribution in [0.1, 0.15) is 10.4 Å². The van der Waals surface area contributed by atoms with Gasteiger partial charge in [-0.3, -0.25) is 4.79 Å². The number of rotatable bonds is 6. The van der Waals surface area contributed by atoms with Crippen molar-refractivity contribution in [1.29, 1.82) is 0 Å². The van der Waals surface area contributed by atoms with Crippen molar-refractivity contribution >= 4 is 33.2 Å². The molecule has 28 heavy (non-hydrogen) atoms. The lowest BCUT2D eigenvalue weighted by Crippen LogP contribution is -2.36. The Morgan fingerprint density at radius 1 is 1.04 bits per heavy atom. The van der Waals surface area contributed by atoms with Gasteiger partial charge >= 0.3 is 0 Å². The van der Waals surface area contributed by atoms with Crippen LogP contribution in [0.2, 0.25) is 0 Å². The van der Waals surface area contributed by atoms with E-state index in [0.717, 1.165) is 32.0 Å². The summed E-state index contributed by atoms with van der Waals surface area (Å²) in [5.74, 6) is 0.943. The maximum absolute atomic E-state index is 12.8. The molecule has 0 saturated carbocycles. The fourth-order valence-electron chi connectivity index (χ4n) is 3.06. The molecule has 1 fully saturated rings. The number of hydrogen-bond donors (Lipinski definition) is 1. The Kier molecular flexibility index (Phi) is 6.64. The molecule has 1 saturated heterocycles. The van der Waals surface area contributed by atoms with Crippen LogP contribution in [0.5, 0.6) is 17.2 Å². The van der Waals surface area contributed by atoms with E-state index in [0.29, 0.717) is 33.0 Å². The summed E-state index contributed by atoms with van der Waals surface area (Å²) in [6, 6.07) is 9.36. The normalized spacial score (nSPS) is 13.8. The number of ether oxygens (including phenoxy) is 4. The monoisotopic (exact) mass is 450 g/mol. The standard InChI is InChI=1S/C20H23BrN2O5/c1-25-16-12-15(17(21)19(27-3)18(16)26-2)20(24)22-13-4-6-14(7-5-13)23-8-10-28-11-9-23/h4-7,12H,8-11H2,1-3H3,(H,22,24). The van der Waals surface area contributed by atoms with Gasteiger partial charge in [0.05, 0.1) is 44.6 Å². The second kappa shape index (κ2) is 9.16. The first-order chi connectivity index (χ1) is 13.6. The zero-order valence-corrected chi connectivity index (χ0v) is 17.7. The lowest BCUT2D eigenvalue weighted by atomic mass is 10.1. The number of anilines is 2. The molecule has 0 radical (unpaired) electrons. The van der Waals surface area contributed by atoms with Gasteiger partial charge in [0.2, 0.25) is 5.75 Å². The SMILES string of the molecule is COc1cc(C(=O)Nc2ccc(N3CCOCC3)cc2)c(Br)c(OC)c1OC. The Morgan fingerprint density at radius 3 is 2.25 bits per heavy atom. The molecule has 1 amide bonds. The number of methoxy groups -OCH3 is 3. The lowest BCUT2D eigenvalue weighted by molar-refractivity contribution is 0.102. The van der Waals surface area contributed by atoms with E-state index < -0.39 is 0 Å². The van der Waals surface area contributed by atoms with E-state index in [2.05, 4.69) is 26.1 Å². The summed E-state index contributed by atoms with van der Waals surface area (Å²) in [5, 5.41) is 2.91. The van der Waals surface area contributed by atoms with Crippen molar-refractivity contribution in [2.24, 2.45) is 0 Å². The zero-order chi connectivity index (χ0) is 20.1. The predicted molar refractivity (Wildman–Crippen MR) is 111 cm³/mol. The molecule has 7 nitrogen and oxygen atoms in total. The molecular weight excluding hydrogens is 428 g/mol. The van der Waals surface area contributed by atoms with Crippen LogP contribution in [0.3, 0.4) is 0 Å². The first-order valence-electron chi connectivity index (χ1n) is 8.81. The minimum atomic E-state index is -0.287. The molecule has 3 rings (SSSR count). The smallest absolute Gasteiger partial charge is 0.257 e. The molecule has 0 bridgehead atoms. The first-order valence-corrected chi connectivity index (χ1v) is 9.61. The van der Waals surface area contributed by atoms with Gasteiger partial charge in [0.15, 0.2) is 11.5 Å². The Balaban J connectivity index is 1.81. The fourth-order valence-corrected chi connectivity index (χ4v) is 3.70. The van der Waals surface area contributed by atoms with Gasteiger partial charge in [0.25, 0.3) is 5.91 Å². The Bertz CT molecular complexity index is 835. The molecule has 1 N–H and O–H groups in total. The highest BCUT2D eigenvalue weighted by molar-refractivity contribution is 9.10. The number of nitrogens with one attached hydrogen (secondary N) is 1. The van der Waals surface area contributed by atoms with Gasteiger partial charge in [0.1, 0.15) is 0 Å². The first kappa shape index (κ1) is 20.3. The summed E-state index contributed by atoms with van der Waals surface area (Å²) in [4.78, 5) is 15.1. The van der Waals surface area contributed by atoms with Gasteiger partial charge in [-0.25, -0.2) is 0 Å². The van der Waals surface area contributed by atoms with Crippen LogP contribution < -0.4 is 24.4 Å². The van der Waals surface area contributed by atoms with E-state index in [1.54, 1.807) is 6.07 Å². The third-order valence-corrected chi connectivity index (χ3v) is 5.30. The van der Waals surface area contributed by atoms with E-state index in [4.69, 9.17) is 18.9 Å². The van der Waals surface area contributed by atoms with Crippen molar-refractivity contribution in [3.05, 3.63) is 40.4 Å². The molecule has 8 heteroatoms. The van der Waals surface area contributed by atoms with Gasteiger partial charge in [-0.05, 0) is 46.3 Å². The van der Waals surface area contributed by atoms with E-state index in [1.165, 1.54) is 21.3 Å². The topological polar surface area (TPSA) is 69.3 Å². The summed E-state index contributed by atoms with van der Waals surface area (Å²) >= 11 is 3.43. The molecule has 1 heterocycles. The Labute approximate surface area is 172 Å². The molecule has 1 aliphatic rings. The van der Waals surface area contributed by atoms with Crippen molar-refractivity contribution in [2.45, 2.75) is 0 Å². The Hall–Kier alpha value is -2.45. The highest BCUT2D eigenvalue weighted by Gasteiger charge is 2.23. The molecule has 0 aliphatic carbocycles. The summed E-state index contributed by atoms with van der Waals surface area (Å²) in [5.41, 5.74) is 2.18. The summed E-state index contributed by atoms with van der Waals surface area (Å²) in [6.45, 7) is 3.19. The average molecular weight is 451 g/mol. The number of halogens is 1. The lowest BCUT2D eigenvalue weighted by Gasteiger charge is -2.28. The number of nitrogens with zero attached hydrogens (tertiary/aromatic N) is 1. The maximum atomic E-state index is 12.8. The second-order valence-electron chi connectivity index (χ2n) is 6.11. The number of carbonyl (C=O) groups excluding carboxylic acids is 1. The molecule has 150 valence electrons. The van der Waals surface area contributed by atoms with Crippen LogP contribution >= 0.6 is 15.9 Å². The number of morpholine rings is 1. The van der Waals surface area contributed by atoms with E-state index in [9.17, 15) is 4.79 Å². The molecular formula is C20H23BrN2O5. The van der Waals surface area contributed by atoms with Crippen molar-refractivity contribution < 1.29 is 23.7 Å². The maximum Gasteiger partial charge on any atom is 0.257 e. The highest BCUT2D eigenvalue weighted by Crippen LogP contribution is 2.44. The third-order valence-electron chi connectivity index (χ3n) is 4.52. The Morgan fingerprint density at radius 2 is 1.68 bits per heavy atom. The van der Waals surface area contributed by atoms with Crippen LogP contribution in [0.4, 0.5) is 11.4 Å². The van der Waals surface area contributed by atoms with Gasteiger partial charge in [-0.15, -0.1) is 0 Å². The zero-order valence-electron chi connectivity index (χ0n) is 16.1. The van der Waals surface area contributed by atoms with Crippen LogP contribution in [0.25, 0.3) is 0 Å². The van der Waals surface area contributed by atoms with E-state index in [1.807, 2.05) is 24.3 Å². The van der Waals surface area contributed by atoms with Gasteiger partial charge in [0, 0.05) is 24.5 Å². The minimum absolute atomic E-state index is 0.287. The van der Waals surface area contributed by atoms with E-state index in [-0.39, 0.29) is 5.91 Å².